The summed E-state index contributed by atoms with van der Waals surface area (Å²) in [5.41, 5.74) is 2.60. The highest BCUT2D eigenvalue weighted by Gasteiger charge is 2.30. The zero-order valence-electron chi connectivity index (χ0n) is 16.2. The number of carbonyl (C=O) groups is 2. The lowest BCUT2D eigenvalue weighted by atomic mass is 9.81. The number of carbonyl (C=O) groups excluding carboxylic acids is 2. The lowest BCUT2D eigenvalue weighted by Crippen LogP contribution is -2.32. The molecule has 1 saturated carbocycles. The Morgan fingerprint density at radius 1 is 0.857 bits per heavy atom. The van der Waals surface area contributed by atoms with Crippen molar-refractivity contribution in [3.8, 4) is 0 Å². The maximum atomic E-state index is 12.6. The minimum absolute atomic E-state index is 0.000369. The van der Waals surface area contributed by atoms with Crippen LogP contribution in [0.4, 0.5) is 17.1 Å². The summed E-state index contributed by atoms with van der Waals surface area (Å²) in [4.78, 5) is 27.0. The Morgan fingerprint density at radius 3 is 1.89 bits per heavy atom. The molecule has 148 valence electrons. The quantitative estimate of drug-likeness (QED) is 0.759. The second kappa shape index (κ2) is 9.11. The summed E-state index contributed by atoms with van der Waals surface area (Å²) in [5, 5.41) is 6.51. The molecule has 0 aromatic heterocycles. The predicted octanol–water partition coefficient (Wildman–Crippen LogP) is 4.79. The highest BCUT2D eigenvalue weighted by atomic mass is 35.5. The monoisotopic (exact) mass is 399 g/mol. The van der Waals surface area contributed by atoms with Gasteiger partial charge in [-0.2, -0.15) is 0 Å². The maximum Gasteiger partial charge on any atom is 0.227 e. The zero-order valence-corrected chi connectivity index (χ0v) is 17.0. The van der Waals surface area contributed by atoms with Crippen molar-refractivity contribution < 1.29 is 9.59 Å². The molecule has 0 radical (unpaired) electrons. The molecule has 2 aromatic carbocycles. The predicted molar refractivity (Wildman–Crippen MR) is 115 cm³/mol. The van der Waals surface area contributed by atoms with Crippen molar-refractivity contribution in [2.24, 2.45) is 11.8 Å². The van der Waals surface area contributed by atoms with Gasteiger partial charge in [-0.05, 0) is 68.1 Å². The Morgan fingerprint density at radius 2 is 1.39 bits per heavy atom. The molecule has 2 amide bonds. The molecule has 0 spiro atoms. The fraction of sp³-hybridized carbons (Fsp3) is 0.364. The van der Waals surface area contributed by atoms with Gasteiger partial charge in [-0.15, -0.1) is 0 Å². The normalized spacial score (nSPS) is 19.0. The molecule has 0 saturated heterocycles. The fourth-order valence-corrected chi connectivity index (χ4v) is 3.71. The molecule has 0 atom stereocenters. The van der Waals surface area contributed by atoms with Gasteiger partial charge in [0.1, 0.15) is 0 Å². The molecule has 1 aliphatic carbocycles. The van der Waals surface area contributed by atoms with Crippen LogP contribution in [0.25, 0.3) is 0 Å². The van der Waals surface area contributed by atoms with Crippen molar-refractivity contribution in [1.82, 2.24) is 0 Å². The first-order chi connectivity index (χ1) is 13.4. The van der Waals surface area contributed by atoms with E-state index >= 15 is 0 Å². The third kappa shape index (κ3) is 5.26. The summed E-state index contributed by atoms with van der Waals surface area (Å²) in [6, 6.07) is 14.9. The Hall–Kier alpha value is -2.53. The molecule has 2 aromatic rings. The van der Waals surface area contributed by atoms with Gasteiger partial charge >= 0.3 is 0 Å². The standard InChI is InChI=1S/C22H26ClN3O2/c1-26(2)20-12-10-18(11-13-20)24-21(27)15-6-8-16(9-7-15)22(28)25-19-5-3-4-17(23)14-19/h3-5,10-16H,6-9H2,1-2H3,(H,24,27)(H,25,28). The first-order valence-corrected chi connectivity index (χ1v) is 9.95. The molecule has 0 aliphatic heterocycles. The summed E-state index contributed by atoms with van der Waals surface area (Å²) in [6.07, 6.45) is 2.86. The lowest BCUT2D eigenvalue weighted by molar-refractivity contribution is -0.125. The highest BCUT2D eigenvalue weighted by molar-refractivity contribution is 6.30. The molecule has 5 nitrogen and oxygen atoms in total. The zero-order chi connectivity index (χ0) is 20.1. The second-order valence-corrected chi connectivity index (χ2v) is 7.92. The first kappa shape index (κ1) is 20.2. The van der Waals surface area contributed by atoms with E-state index in [1.807, 2.05) is 55.4 Å². The lowest BCUT2D eigenvalue weighted by Gasteiger charge is -2.27. The summed E-state index contributed by atoms with van der Waals surface area (Å²) >= 11 is 5.96. The summed E-state index contributed by atoms with van der Waals surface area (Å²) in [6.45, 7) is 0. The van der Waals surface area contributed by atoms with E-state index in [0.717, 1.165) is 24.2 Å². The maximum absolute atomic E-state index is 12.6. The van der Waals surface area contributed by atoms with E-state index in [9.17, 15) is 9.59 Å². The van der Waals surface area contributed by atoms with Crippen LogP contribution in [0.5, 0.6) is 0 Å². The van der Waals surface area contributed by atoms with Gasteiger partial charge in [-0.3, -0.25) is 9.59 Å². The smallest absolute Gasteiger partial charge is 0.227 e. The van der Waals surface area contributed by atoms with Gasteiger partial charge in [0.05, 0.1) is 0 Å². The van der Waals surface area contributed by atoms with Gasteiger partial charge in [-0.25, -0.2) is 0 Å². The van der Waals surface area contributed by atoms with E-state index < -0.39 is 0 Å². The second-order valence-electron chi connectivity index (χ2n) is 7.48. The molecule has 6 heteroatoms. The van der Waals surface area contributed by atoms with E-state index in [-0.39, 0.29) is 23.7 Å². The van der Waals surface area contributed by atoms with Gasteiger partial charge in [0.2, 0.25) is 11.8 Å². The molecule has 28 heavy (non-hydrogen) atoms. The third-order valence-electron chi connectivity index (χ3n) is 5.21. The van der Waals surface area contributed by atoms with Crippen LogP contribution >= 0.6 is 11.6 Å². The molecule has 1 aliphatic rings. The van der Waals surface area contributed by atoms with E-state index in [4.69, 9.17) is 11.6 Å². The summed E-state index contributed by atoms with van der Waals surface area (Å²) in [7, 11) is 3.96. The molecule has 0 bridgehead atoms. The van der Waals surface area contributed by atoms with Crippen molar-refractivity contribution in [3.05, 3.63) is 53.6 Å². The van der Waals surface area contributed by atoms with Gasteiger partial charge in [0.25, 0.3) is 0 Å². The Bertz CT molecular complexity index is 828. The van der Waals surface area contributed by atoms with Gasteiger partial charge in [0.15, 0.2) is 0 Å². The third-order valence-corrected chi connectivity index (χ3v) is 5.45. The number of halogens is 1. The molecule has 0 unspecified atom stereocenters. The number of amides is 2. The van der Waals surface area contributed by atoms with Crippen LogP contribution in [0.15, 0.2) is 48.5 Å². The number of hydrogen-bond donors (Lipinski definition) is 2. The van der Waals surface area contributed by atoms with Crippen LogP contribution in [0, 0.1) is 11.8 Å². The van der Waals surface area contributed by atoms with Crippen LogP contribution in [0.1, 0.15) is 25.7 Å². The first-order valence-electron chi connectivity index (χ1n) is 9.57. The van der Waals surface area contributed by atoms with Gasteiger partial charge < -0.3 is 15.5 Å². The van der Waals surface area contributed by atoms with E-state index in [0.29, 0.717) is 23.6 Å². The Balaban J connectivity index is 1.48. The van der Waals surface area contributed by atoms with Crippen molar-refractivity contribution in [2.75, 3.05) is 29.6 Å². The average Bonchev–Trinajstić information content (AvgIpc) is 2.68. The molecule has 1 fully saturated rings. The Kier molecular flexibility index (Phi) is 6.57. The van der Waals surface area contributed by atoms with Crippen LogP contribution in [0.2, 0.25) is 5.02 Å². The number of anilines is 3. The van der Waals surface area contributed by atoms with Crippen LogP contribution in [-0.2, 0) is 9.59 Å². The summed E-state index contributed by atoms with van der Waals surface area (Å²) in [5.74, 6) is -0.0853. The van der Waals surface area contributed by atoms with Crippen molar-refractivity contribution in [3.63, 3.8) is 0 Å². The van der Waals surface area contributed by atoms with Gasteiger partial charge in [-0.1, -0.05) is 17.7 Å². The Labute approximate surface area is 171 Å². The van der Waals surface area contributed by atoms with Gasteiger partial charge in [0, 0.05) is 48.0 Å². The van der Waals surface area contributed by atoms with Crippen molar-refractivity contribution in [2.45, 2.75) is 25.7 Å². The number of rotatable bonds is 5. The number of benzene rings is 2. The minimum Gasteiger partial charge on any atom is -0.378 e. The number of hydrogen-bond acceptors (Lipinski definition) is 3. The van der Waals surface area contributed by atoms with E-state index in [1.54, 1.807) is 12.1 Å². The largest absolute Gasteiger partial charge is 0.378 e. The molecule has 3 rings (SSSR count). The van der Waals surface area contributed by atoms with E-state index in [2.05, 4.69) is 10.6 Å². The van der Waals surface area contributed by atoms with Crippen molar-refractivity contribution >= 4 is 40.5 Å². The number of nitrogens with zero attached hydrogens (tertiary/aromatic N) is 1. The van der Waals surface area contributed by atoms with E-state index in [1.165, 1.54) is 0 Å². The molecule has 2 N–H and O–H groups in total. The fourth-order valence-electron chi connectivity index (χ4n) is 3.52. The van der Waals surface area contributed by atoms with Crippen LogP contribution in [0.3, 0.4) is 0 Å². The van der Waals surface area contributed by atoms with Crippen LogP contribution in [-0.4, -0.2) is 25.9 Å². The SMILES string of the molecule is CN(C)c1ccc(NC(=O)C2CCC(C(=O)Nc3cccc(Cl)c3)CC2)cc1. The summed E-state index contributed by atoms with van der Waals surface area (Å²) < 4.78 is 0. The topological polar surface area (TPSA) is 61.4 Å². The minimum atomic E-state index is -0.0672. The molecule has 0 heterocycles. The average molecular weight is 400 g/mol. The van der Waals surface area contributed by atoms with Crippen LogP contribution < -0.4 is 15.5 Å². The van der Waals surface area contributed by atoms with Crippen molar-refractivity contribution in [1.29, 1.82) is 0 Å². The highest BCUT2D eigenvalue weighted by Crippen LogP contribution is 2.31. The number of nitrogens with one attached hydrogen (secondary N) is 2. The molecular formula is C22H26ClN3O2. The molecular weight excluding hydrogens is 374 g/mol.